The summed E-state index contributed by atoms with van der Waals surface area (Å²) in [5.41, 5.74) is 2.65. The fraction of sp³-hybridized carbons (Fsp3) is 0.231. The number of nitrogens with zero attached hydrogens (tertiary/aromatic N) is 3. The number of nitrogens with one attached hydrogen (secondary N) is 1. The average molecular weight is 242 g/mol. The van der Waals surface area contributed by atoms with Crippen LogP contribution in [0, 0.1) is 0 Å². The van der Waals surface area contributed by atoms with E-state index in [-0.39, 0.29) is 6.04 Å². The third-order valence-electron chi connectivity index (χ3n) is 2.77. The second kappa shape index (κ2) is 4.18. The van der Waals surface area contributed by atoms with Crippen molar-refractivity contribution in [3.8, 4) is 0 Å². The van der Waals surface area contributed by atoms with Crippen LogP contribution in [-0.2, 0) is 7.05 Å². The first-order valence-corrected chi connectivity index (χ1v) is 5.83. The summed E-state index contributed by atoms with van der Waals surface area (Å²) >= 11 is 0. The molecule has 0 bridgehead atoms. The van der Waals surface area contributed by atoms with Gasteiger partial charge >= 0.3 is 0 Å². The fourth-order valence-electron chi connectivity index (χ4n) is 1.88. The van der Waals surface area contributed by atoms with Crippen LogP contribution < -0.4 is 5.32 Å². The highest BCUT2D eigenvalue weighted by molar-refractivity contribution is 5.72. The molecule has 3 rings (SSSR count). The lowest BCUT2D eigenvalue weighted by atomic mass is 10.3. The Labute approximate surface area is 104 Å². The van der Waals surface area contributed by atoms with Crippen molar-refractivity contribution in [3.63, 3.8) is 0 Å². The molecule has 0 spiro atoms. The van der Waals surface area contributed by atoms with Crippen LogP contribution in [0.5, 0.6) is 0 Å². The number of hydrogen-bond acceptors (Lipinski definition) is 4. The Morgan fingerprint density at radius 2 is 2.17 bits per heavy atom. The van der Waals surface area contributed by atoms with Gasteiger partial charge in [0.1, 0.15) is 11.6 Å². The molecule has 5 nitrogen and oxygen atoms in total. The second-order valence-corrected chi connectivity index (χ2v) is 4.29. The lowest BCUT2D eigenvalue weighted by Gasteiger charge is -2.08. The van der Waals surface area contributed by atoms with Crippen molar-refractivity contribution >= 4 is 16.8 Å². The lowest BCUT2D eigenvalue weighted by Crippen LogP contribution is -2.06. The van der Waals surface area contributed by atoms with Gasteiger partial charge in [0.05, 0.1) is 11.9 Å². The molecule has 3 aromatic rings. The second-order valence-electron chi connectivity index (χ2n) is 4.29. The molecule has 0 aliphatic heterocycles. The van der Waals surface area contributed by atoms with Gasteiger partial charge in [-0.2, -0.15) is 5.10 Å². The van der Waals surface area contributed by atoms with Crippen molar-refractivity contribution in [2.45, 2.75) is 13.0 Å². The predicted octanol–water partition coefficient (Wildman–Crippen LogP) is 2.73. The molecule has 0 unspecified atom stereocenters. The SMILES string of the molecule is C[C@H](Nc1cnn(C)c1)c1nc2ccccc2o1. The number of para-hydroxylation sites is 2. The highest BCUT2D eigenvalue weighted by atomic mass is 16.3. The molecular weight excluding hydrogens is 228 g/mol. The van der Waals surface area contributed by atoms with Crippen molar-refractivity contribution in [1.29, 1.82) is 0 Å². The summed E-state index contributed by atoms with van der Waals surface area (Å²) in [6.07, 6.45) is 3.69. The first-order chi connectivity index (χ1) is 8.72. The topological polar surface area (TPSA) is 55.9 Å². The van der Waals surface area contributed by atoms with Crippen molar-refractivity contribution in [2.75, 3.05) is 5.32 Å². The Hall–Kier alpha value is -2.30. The molecule has 1 atom stereocenters. The number of anilines is 1. The number of aromatic nitrogens is 3. The first-order valence-electron chi connectivity index (χ1n) is 5.83. The third kappa shape index (κ3) is 1.95. The van der Waals surface area contributed by atoms with Gasteiger partial charge in [0.15, 0.2) is 5.58 Å². The van der Waals surface area contributed by atoms with Crippen molar-refractivity contribution < 1.29 is 4.42 Å². The minimum atomic E-state index is 0.00148. The summed E-state index contributed by atoms with van der Waals surface area (Å²) in [7, 11) is 1.88. The van der Waals surface area contributed by atoms with Gasteiger partial charge in [-0.3, -0.25) is 4.68 Å². The number of aryl methyl sites for hydroxylation is 1. The number of rotatable bonds is 3. The summed E-state index contributed by atoms with van der Waals surface area (Å²) in [6.45, 7) is 2.01. The molecule has 0 saturated heterocycles. The van der Waals surface area contributed by atoms with E-state index in [0.717, 1.165) is 16.8 Å². The Balaban J connectivity index is 1.85. The van der Waals surface area contributed by atoms with E-state index in [1.54, 1.807) is 10.9 Å². The number of oxazole rings is 1. The maximum Gasteiger partial charge on any atom is 0.217 e. The largest absolute Gasteiger partial charge is 0.438 e. The van der Waals surface area contributed by atoms with Crippen LogP contribution >= 0.6 is 0 Å². The molecule has 92 valence electrons. The number of fused-ring (bicyclic) bond motifs is 1. The van der Waals surface area contributed by atoms with E-state index in [1.165, 1.54) is 0 Å². The summed E-state index contributed by atoms with van der Waals surface area (Å²) in [5, 5.41) is 7.41. The minimum absolute atomic E-state index is 0.00148. The van der Waals surface area contributed by atoms with E-state index < -0.39 is 0 Å². The lowest BCUT2D eigenvalue weighted by molar-refractivity contribution is 0.506. The quantitative estimate of drug-likeness (QED) is 0.767. The molecule has 2 heterocycles. The van der Waals surface area contributed by atoms with Crippen LogP contribution in [-0.4, -0.2) is 14.8 Å². The van der Waals surface area contributed by atoms with E-state index in [9.17, 15) is 0 Å². The Morgan fingerprint density at radius 1 is 1.33 bits per heavy atom. The Morgan fingerprint density at radius 3 is 2.89 bits per heavy atom. The molecule has 0 amide bonds. The zero-order valence-corrected chi connectivity index (χ0v) is 10.3. The zero-order chi connectivity index (χ0) is 12.5. The molecule has 1 N–H and O–H groups in total. The molecule has 0 radical (unpaired) electrons. The highest BCUT2D eigenvalue weighted by Crippen LogP contribution is 2.22. The molecular formula is C13H14N4O. The van der Waals surface area contributed by atoms with Gasteiger partial charge in [-0.25, -0.2) is 4.98 Å². The Bertz CT molecular complexity index is 637. The zero-order valence-electron chi connectivity index (χ0n) is 10.3. The van der Waals surface area contributed by atoms with E-state index >= 15 is 0 Å². The van der Waals surface area contributed by atoms with E-state index in [4.69, 9.17) is 4.42 Å². The molecule has 18 heavy (non-hydrogen) atoms. The molecule has 0 saturated carbocycles. The normalized spacial score (nSPS) is 12.8. The summed E-state index contributed by atoms with van der Waals surface area (Å²) in [6, 6.07) is 7.76. The number of hydrogen-bond donors (Lipinski definition) is 1. The van der Waals surface area contributed by atoms with Gasteiger partial charge in [0.25, 0.3) is 0 Å². The standard InChI is InChI=1S/C13H14N4O/c1-9(15-10-7-14-17(2)8-10)13-16-11-5-3-4-6-12(11)18-13/h3-9,15H,1-2H3/t9-/m0/s1. The van der Waals surface area contributed by atoms with Gasteiger partial charge < -0.3 is 9.73 Å². The van der Waals surface area contributed by atoms with E-state index in [2.05, 4.69) is 15.4 Å². The van der Waals surface area contributed by atoms with Crippen LogP contribution in [0.15, 0.2) is 41.1 Å². The summed E-state index contributed by atoms with van der Waals surface area (Å²) in [5.74, 6) is 0.681. The van der Waals surface area contributed by atoms with Crippen LogP contribution in [0.1, 0.15) is 18.9 Å². The molecule has 5 heteroatoms. The maximum atomic E-state index is 5.71. The van der Waals surface area contributed by atoms with Crippen molar-refractivity contribution in [2.24, 2.45) is 7.05 Å². The van der Waals surface area contributed by atoms with E-state index in [0.29, 0.717) is 5.89 Å². The van der Waals surface area contributed by atoms with Crippen molar-refractivity contribution in [1.82, 2.24) is 14.8 Å². The van der Waals surface area contributed by atoms with Gasteiger partial charge in [-0.1, -0.05) is 12.1 Å². The van der Waals surface area contributed by atoms with Crippen LogP contribution in [0.2, 0.25) is 0 Å². The smallest absolute Gasteiger partial charge is 0.217 e. The van der Waals surface area contributed by atoms with Gasteiger partial charge in [-0.15, -0.1) is 0 Å². The summed E-state index contributed by atoms with van der Waals surface area (Å²) < 4.78 is 7.46. The summed E-state index contributed by atoms with van der Waals surface area (Å²) in [4.78, 5) is 4.46. The fourth-order valence-corrected chi connectivity index (χ4v) is 1.88. The third-order valence-corrected chi connectivity index (χ3v) is 2.77. The first kappa shape index (κ1) is 10.8. The van der Waals surface area contributed by atoms with Gasteiger partial charge in [-0.05, 0) is 19.1 Å². The van der Waals surface area contributed by atoms with Gasteiger partial charge in [0.2, 0.25) is 5.89 Å². The van der Waals surface area contributed by atoms with Crippen LogP contribution in [0.25, 0.3) is 11.1 Å². The minimum Gasteiger partial charge on any atom is -0.438 e. The molecule has 0 aliphatic carbocycles. The van der Waals surface area contributed by atoms with Crippen LogP contribution in [0.3, 0.4) is 0 Å². The van der Waals surface area contributed by atoms with Gasteiger partial charge in [0, 0.05) is 13.2 Å². The number of benzene rings is 1. The monoisotopic (exact) mass is 242 g/mol. The molecule has 0 aliphatic rings. The highest BCUT2D eigenvalue weighted by Gasteiger charge is 2.13. The average Bonchev–Trinajstić information content (AvgIpc) is 2.95. The van der Waals surface area contributed by atoms with E-state index in [1.807, 2.05) is 44.4 Å². The maximum absolute atomic E-state index is 5.71. The Kier molecular flexibility index (Phi) is 2.51. The predicted molar refractivity (Wildman–Crippen MR) is 69.3 cm³/mol. The van der Waals surface area contributed by atoms with Crippen molar-refractivity contribution in [3.05, 3.63) is 42.5 Å². The molecule has 0 fully saturated rings. The molecule has 1 aromatic carbocycles. The molecule has 2 aromatic heterocycles. The van der Waals surface area contributed by atoms with Crippen LogP contribution in [0.4, 0.5) is 5.69 Å².